The molecule has 1 unspecified atom stereocenters. The normalized spacial score (nSPS) is 11.9. The van der Waals surface area contributed by atoms with Crippen molar-refractivity contribution in [1.82, 2.24) is 0 Å². The Labute approximate surface area is 176 Å². The maximum atomic E-state index is 13.3. The summed E-state index contributed by atoms with van der Waals surface area (Å²) in [4.78, 5) is 26.0. The number of ketones is 1. The van der Waals surface area contributed by atoms with Gasteiger partial charge in [0.15, 0.2) is 13.6 Å². The molecule has 148 valence electrons. The molecule has 0 spiro atoms. The number of carbonyl (C=O) groups excluding carboxylic acids is 2. The molecular weight excluding hydrogens is 403 g/mol. The van der Waals surface area contributed by atoms with Gasteiger partial charge in [-0.25, -0.2) is 0 Å². The van der Waals surface area contributed by atoms with Gasteiger partial charge in [-0.3, -0.25) is 9.59 Å². The first-order valence-corrected chi connectivity index (χ1v) is 11.1. The summed E-state index contributed by atoms with van der Waals surface area (Å²) < 4.78 is 13.3. The van der Waals surface area contributed by atoms with Gasteiger partial charge in [0.25, 0.3) is 0 Å². The van der Waals surface area contributed by atoms with Gasteiger partial charge in [-0.15, -0.1) is 0 Å². The van der Waals surface area contributed by atoms with Crippen LogP contribution in [0.1, 0.15) is 48.5 Å². The molecular formula is C24H22ClO3P. The summed E-state index contributed by atoms with van der Waals surface area (Å²) in [5, 5.41) is 0.817. The smallest absolute Gasteiger partial charge is 0.224 e. The lowest BCUT2D eigenvalue weighted by Gasteiger charge is -2.16. The van der Waals surface area contributed by atoms with E-state index in [9.17, 15) is 14.2 Å². The van der Waals surface area contributed by atoms with Crippen LogP contribution in [0.25, 0.3) is 0 Å². The Morgan fingerprint density at radius 1 is 0.828 bits per heavy atom. The largest absolute Gasteiger partial charge is 0.313 e. The molecule has 5 heteroatoms. The highest BCUT2D eigenvalue weighted by Crippen LogP contribution is 2.35. The predicted octanol–water partition coefficient (Wildman–Crippen LogP) is 5.83. The minimum absolute atomic E-state index is 0.0891. The molecule has 3 nitrogen and oxygen atoms in total. The van der Waals surface area contributed by atoms with Crippen molar-refractivity contribution >= 4 is 36.0 Å². The van der Waals surface area contributed by atoms with Crippen molar-refractivity contribution in [3.63, 3.8) is 0 Å². The summed E-state index contributed by atoms with van der Waals surface area (Å²) in [5.74, 6) is -0.0891. The second kappa shape index (κ2) is 8.49. The van der Waals surface area contributed by atoms with Crippen LogP contribution < -0.4 is 5.30 Å². The number of hydrogen-bond acceptors (Lipinski definition) is 3. The molecule has 3 aromatic carbocycles. The number of benzene rings is 3. The van der Waals surface area contributed by atoms with Crippen molar-refractivity contribution in [2.45, 2.75) is 27.7 Å². The van der Waals surface area contributed by atoms with Crippen molar-refractivity contribution in [3.05, 3.63) is 98.6 Å². The average molecular weight is 425 g/mol. The van der Waals surface area contributed by atoms with Crippen LogP contribution in [0.15, 0.2) is 54.6 Å². The fourth-order valence-electron chi connectivity index (χ4n) is 3.56. The van der Waals surface area contributed by atoms with E-state index in [1.807, 2.05) is 32.0 Å². The Morgan fingerprint density at radius 2 is 1.48 bits per heavy atom. The van der Waals surface area contributed by atoms with E-state index in [1.54, 1.807) is 50.2 Å². The van der Waals surface area contributed by atoms with E-state index in [-0.39, 0.29) is 5.78 Å². The van der Waals surface area contributed by atoms with Crippen molar-refractivity contribution in [2.24, 2.45) is 0 Å². The molecule has 0 aliphatic heterocycles. The van der Waals surface area contributed by atoms with Gasteiger partial charge in [-0.1, -0.05) is 54.1 Å². The quantitative estimate of drug-likeness (QED) is 0.382. The molecule has 0 heterocycles. The fraction of sp³-hybridized carbons (Fsp3) is 0.167. The molecule has 0 bridgehead atoms. The van der Waals surface area contributed by atoms with Gasteiger partial charge < -0.3 is 4.57 Å². The monoisotopic (exact) mass is 424 g/mol. The standard InChI is InChI=1S/C24H22ClO3P/c1-14-9-8-12-20(25)21(14)24(27)29(28)23-15(2)13-19(16(3)17(23)4)22(26)18-10-6-5-7-11-18/h5-13,29H,1-4H3. The third-order valence-corrected chi connectivity index (χ3v) is 7.46. The van der Waals surface area contributed by atoms with Gasteiger partial charge in [-0.05, 0) is 62.1 Å². The molecule has 3 rings (SSSR count). The minimum Gasteiger partial charge on any atom is -0.313 e. The lowest BCUT2D eigenvalue weighted by atomic mass is 9.94. The van der Waals surface area contributed by atoms with E-state index in [4.69, 9.17) is 11.6 Å². The van der Waals surface area contributed by atoms with Gasteiger partial charge in [-0.2, -0.15) is 0 Å². The Morgan fingerprint density at radius 3 is 2.10 bits per heavy atom. The predicted molar refractivity (Wildman–Crippen MR) is 120 cm³/mol. The third kappa shape index (κ3) is 3.99. The summed E-state index contributed by atoms with van der Waals surface area (Å²) in [6, 6.07) is 15.9. The summed E-state index contributed by atoms with van der Waals surface area (Å²) in [6.07, 6.45) is 0. The highest BCUT2D eigenvalue weighted by molar-refractivity contribution is 7.71. The Kier molecular flexibility index (Phi) is 6.21. The fourth-order valence-corrected chi connectivity index (χ4v) is 5.69. The number of rotatable bonds is 5. The molecule has 29 heavy (non-hydrogen) atoms. The first-order valence-electron chi connectivity index (χ1n) is 9.28. The zero-order valence-electron chi connectivity index (χ0n) is 16.8. The number of hydrogen-bond donors (Lipinski definition) is 0. The average Bonchev–Trinajstić information content (AvgIpc) is 2.70. The maximum Gasteiger partial charge on any atom is 0.224 e. The zero-order valence-corrected chi connectivity index (χ0v) is 18.6. The van der Waals surface area contributed by atoms with Crippen molar-refractivity contribution in [2.75, 3.05) is 0 Å². The summed E-state index contributed by atoms with van der Waals surface area (Å²) in [5.41, 5.74) is 3.83. The zero-order chi connectivity index (χ0) is 21.3. The SMILES string of the molecule is Cc1cccc(Cl)c1C(=O)[PH](=O)c1c(C)cc(C(=O)c2ccccc2)c(C)c1C. The highest BCUT2D eigenvalue weighted by Gasteiger charge is 2.26. The van der Waals surface area contributed by atoms with Gasteiger partial charge in [0, 0.05) is 22.0 Å². The third-order valence-electron chi connectivity index (χ3n) is 5.26. The Balaban J connectivity index is 2.08. The first kappa shape index (κ1) is 21.2. The van der Waals surface area contributed by atoms with Gasteiger partial charge in [0.2, 0.25) is 5.52 Å². The molecule has 0 radical (unpaired) electrons. The van der Waals surface area contributed by atoms with Crippen LogP contribution in [-0.2, 0) is 4.57 Å². The van der Waals surface area contributed by atoms with Crippen molar-refractivity contribution in [3.8, 4) is 0 Å². The first-order chi connectivity index (χ1) is 13.7. The Hall–Kier alpha value is -2.48. The Bertz CT molecular complexity index is 1130. The second-order valence-corrected chi connectivity index (χ2v) is 9.17. The molecule has 0 aliphatic carbocycles. The molecule has 0 saturated heterocycles. The summed E-state index contributed by atoms with van der Waals surface area (Å²) >= 11 is 6.21. The van der Waals surface area contributed by atoms with Crippen LogP contribution in [0.3, 0.4) is 0 Å². The number of carbonyl (C=O) groups is 2. The molecule has 1 atom stereocenters. The number of aryl methyl sites for hydroxylation is 2. The van der Waals surface area contributed by atoms with E-state index in [0.717, 1.165) is 5.56 Å². The van der Waals surface area contributed by atoms with E-state index < -0.39 is 13.3 Å². The van der Waals surface area contributed by atoms with Crippen LogP contribution in [0.4, 0.5) is 0 Å². The summed E-state index contributed by atoms with van der Waals surface area (Å²) in [6.45, 7) is 7.21. The second-order valence-electron chi connectivity index (χ2n) is 7.15. The van der Waals surface area contributed by atoms with Crippen LogP contribution in [0.5, 0.6) is 0 Å². The highest BCUT2D eigenvalue weighted by atomic mass is 35.5. The lowest BCUT2D eigenvalue weighted by molar-refractivity contribution is 0.103. The molecule has 0 aromatic heterocycles. The molecule has 0 N–H and O–H groups in total. The van der Waals surface area contributed by atoms with E-state index in [1.165, 1.54) is 0 Å². The molecule has 3 aromatic rings. The van der Waals surface area contributed by atoms with Crippen molar-refractivity contribution < 1.29 is 14.2 Å². The van der Waals surface area contributed by atoms with Crippen LogP contribution in [0, 0.1) is 27.7 Å². The number of halogens is 1. The van der Waals surface area contributed by atoms with Crippen LogP contribution in [0.2, 0.25) is 5.02 Å². The van der Waals surface area contributed by atoms with Gasteiger partial charge in [0.05, 0.1) is 5.02 Å². The van der Waals surface area contributed by atoms with Crippen LogP contribution >= 0.6 is 19.4 Å². The van der Waals surface area contributed by atoms with Gasteiger partial charge in [0.1, 0.15) is 0 Å². The molecule has 0 fully saturated rings. The molecule has 0 amide bonds. The minimum atomic E-state index is -2.81. The topological polar surface area (TPSA) is 51.2 Å². The van der Waals surface area contributed by atoms with Gasteiger partial charge >= 0.3 is 0 Å². The lowest BCUT2D eigenvalue weighted by Crippen LogP contribution is -2.17. The molecule has 0 aliphatic rings. The van der Waals surface area contributed by atoms with Crippen molar-refractivity contribution in [1.29, 1.82) is 0 Å². The summed E-state index contributed by atoms with van der Waals surface area (Å²) in [7, 11) is -2.81. The van der Waals surface area contributed by atoms with E-state index in [0.29, 0.717) is 43.7 Å². The van der Waals surface area contributed by atoms with Crippen LogP contribution in [-0.4, -0.2) is 11.3 Å². The van der Waals surface area contributed by atoms with E-state index >= 15 is 0 Å². The maximum absolute atomic E-state index is 13.3. The van der Waals surface area contributed by atoms with E-state index in [2.05, 4.69) is 0 Å². The molecule has 0 saturated carbocycles.